The maximum atomic E-state index is 12.2. The summed E-state index contributed by atoms with van der Waals surface area (Å²) in [4.78, 5) is 14.0. The van der Waals surface area contributed by atoms with Gasteiger partial charge in [0.05, 0.1) is 5.75 Å². The number of hydrogen-bond donors (Lipinski definition) is 1. The van der Waals surface area contributed by atoms with Crippen LogP contribution in [0.3, 0.4) is 0 Å². The molecule has 0 aromatic heterocycles. The highest BCUT2D eigenvalue weighted by atomic mass is 32.2. The molecule has 0 spiro atoms. The van der Waals surface area contributed by atoms with E-state index in [1.807, 2.05) is 18.7 Å². The molecule has 1 saturated heterocycles. The predicted octanol–water partition coefficient (Wildman–Crippen LogP) is 0.950. The summed E-state index contributed by atoms with van der Waals surface area (Å²) in [5.74, 6) is 0.212. The average Bonchev–Trinajstić information content (AvgIpc) is 2.28. The number of piperidine rings is 1. The Hall–Kier alpha value is -0.620. The molecule has 0 aromatic carbocycles. The van der Waals surface area contributed by atoms with Crippen molar-refractivity contribution in [2.75, 3.05) is 18.8 Å². The molecule has 6 heteroatoms. The van der Waals surface area contributed by atoms with Crippen molar-refractivity contribution in [2.45, 2.75) is 39.5 Å². The summed E-state index contributed by atoms with van der Waals surface area (Å²) in [5, 5.41) is 5.07. The van der Waals surface area contributed by atoms with Crippen LogP contribution in [-0.4, -0.2) is 38.1 Å². The van der Waals surface area contributed by atoms with Gasteiger partial charge < -0.3 is 4.90 Å². The molecule has 18 heavy (non-hydrogen) atoms. The summed E-state index contributed by atoms with van der Waals surface area (Å²) in [6.45, 7) is 5.30. The number of carbonyl (C=O) groups is 1. The van der Waals surface area contributed by atoms with Crippen LogP contribution in [0.1, 0.15) is 39.5 Å². The first-order valence-corrected chi connectivity index (χ1v) is 8.38. The Morgan fingerprint density at radius 3 is 2.50 bits per heavy atom. The lowest BCUT2D eigenvalue weighted by Gasteiger charge is -2.34. The summed E-state index contributed by atoms with van der Waals surface area (Å²) < 4.78 is 22.2. The zero-order valence-corrected chi connectivity index (χ0v) is 12.1. The predicted molar refractivity (Wildman–Crippen MR) is 71.4 cm³/mol. The third-order valence-corrected chi connectivity index (χ3v) is 4.57. The molecule has 1 atom stereocenters. The van der Waals surface area contributed by atoms with Crippen molar-refractivity contribution in [2.24, 2.45) is 17.0 Å². The Labute approximate surface area is 110 Å². The largest absolute Gasteiger partial charge is 0.342 e. The van der Waals surface area contributed by atoms with Crippen LogP contribution in [0.5, 0.6) is 0 Å². The molecule has 1 aliphatic heterocycles. The van der Waals surface area contributed by atoms with Gasteiger partial charge in [0.2, 0.25) is 15.9 Å². The van der Waals surface area contributed by atoms with E-state index in [0.29, 0.717) is 6.54 Å². The molecule has 0 aliphatic carbocycles. The molecule has 1 rings (SSSR count). The lowest BCUT2D eigenvalue weighted by molar-refractivity contribution is -0.137. The van der Waals surface area contributed by atoms with Gasteiger partial charge in [0, 0.05) is 19.0 Å². The molecule has 0 unspecified atom stereocenters. The van der Waals surface area contributed by atoms with E-state index < -0.39 is 10.0 Å². The molecule has 1 heterocycles. The van der Waals surface area contributed by atoms with Gasteiger partial charge in [-0.25, -0.2) is 13.6 Å². The van der Waals surface area contributed by atoms with Crippen molar-refractivity contribution in [3.8, 4) is 0 Å². The first kappa shape index (κ1) is 15.4. The van der Waals surface area contributed by atoms with E-state index in [-0.39, 0.29) is 23.5 Å². The van der Waals surface area contributed by atoms with Gasteiger partial charge in [-0.15, -0.1) is 0 Å². The monoisotopic (exact) mass is 276 g/mol. The van der Waals surface area contributed by atoms with E-state index in [9.17, 15) is 13.2 Å². The molecule has 0 radical (unpaired) electrons. The second-order valence-electron chi connectivity index (χ2n) is 5.14. The van der Waals surface area contributed by atoms with Gasteiger partial charge in [-0.2, -0.15) is 0 Å². The van der Waals surface area contributed by atoms with E-state index in [2.05, 4.69) is 0 Å². The molecule has 1 aliphatic rings. The van der Waals surface area contributed by atoms with Crippen LogP contribution in [-0.2, 0) is 14.8 Å². The summed E-state index contributed by atoms with van der Waals surface area (Å²) in [6.07, 6.45) is 3.38. The Balaban J connectivity index is 2.61. The van der Waals surface area contributed by atoms with E-state index in [4.69, 9.17) is 5.14 Å². The molecule has 1 fully saturated rings. The fourth-order valence-corrected chi connectivity index (χ4v) is 3.56. The Kier molecular flexibility index (Phi) is 5.59. The second-order valence-corrected chi connectivity index (χ2v) is 6.79. The zero-order valence-electron chi connectivity index (χ0n) is 11.3. The second kappa shape index (κ2) is 6.52. The van der Waals surface area contributed by atoms with Gasteiger partial charge in [-0.1, -0.05) is 13.8 Å². The van der Waals surface area contributed by atoms with Crippen LogP contribution in [0.25, 0.3) is 0 Å². The fraction of sp³-hybridized carbons (Fsp3) is 0.917. The zero-order chi connectivity index (χ0) is 13.8. The van der Waals surface area contributed by atoms with Gasteiger partial charge in [0.1, 0.15) is 0 Å². The van der Waals surface area contributed by atoms with Crippen LogP contribution in [0.4, 0.5) is 0 Å². The Morgan fingerprint density at radius 2 is 2.00 bits per heavy atom. The van der Waals surface area contributed by atoms with Gasteiger partial charge in [-0.05, 0) is 31.6 Å². The number of carbonyl (C=O) groups excluding carboxylic acids is 1. The highest BCUT2D eigenvalue weighted by molar-refractivity contribution is 7.89. The topological polar surface area (TPSA) is 80.5 Å². The Bertz CT molecular complexity index is 377. The molecular formula is C12H24N2O3S. The summed E-state index contributed by atoms with van der Waals surface area (Å²) in [6, 6.07) is 0. The number of primary sulfonamides is 1. The van der Waals surface area contributed by atoms with E-state index in [1.54, 1.807) is 0 Å². The number of nitrogens with zero attached hydrogens (tertiary/aromatic N) is 1. The van der Waals surface area contributed by atoms with Crippen molar-refractivity contribution in [1.29, 1.82) is 0 Å². The molecule has 106 valence electrons. The van der Waals surface area contributed by atoms with E-state index >= 15 is 0 Å². The Morgan fingerprint density at radius 1 is 1.39 bits per heavy atom. The van der Waals surface area contributed by atoms with Crippen LogP contribution in [0.2, 0.25) is 0 Å². The normalized spacial score (nSPS) is 21.3. The molecular weight excluding hydrogens is 252 g/mol. The van der Waals surface area contributed by atoms with Gasteiger partial charge in [0.15, 0.2) is 0 Å². The summed E-state index contributed by atoms with van der Waals surface area (Å²) >= 11 is 0. The van der Waals surface area contributed by atoms with Crippen LogP contribution < -0.4 is 5.14 Å². The number of likely N-dealkylation sites (tertiary alicyclic amines) is 1. The number of rotatable bonds is 5. The number of nitrogens with two attached hydrogens (primary N) is 1. The summed E-state index contributed by atoms with van der Waals surface area (Å²) in [5.41, 5.74) is 0. The van der Waals surface area contributed by atoms with Crippen molar-refractivity contribution >= 4 is 15.9 Å². The highest BCUT2D eigenvalue weighted by Gasteiger charge is 2.28. The van der Waals surface area contributed by atoms with Crippen molar-refractivity contribution in [3.05, 3.63) is 0 Å². The highest BCUT2D eigenvalue weighted by Crippen LogP contribution is 2.21. The molecule has 1 amide bonds. The SMILES string of the molecule is CCC(CC)C(=O)N1CCC[C@@H](CS(N)(=O)=O)C1. The molecule has 0 aromatic rings. The number of sulfonamides is 1. The van der Waals surface area contributed by atoms with Crippen LogP contribution >= 0.6 is 0 Å². The minimum atomic E-state index is -3.44. The first-order valence-electron chi connectivity index (χ1n) is 6.66. The molecule has 0 bridgehead atoms. The summed E-state index contributed by atoms with van der Waals surface area (Å²) in [7, 11) is -3.44. The number of amides is 1. The van der Waals surface area contributed by atoms with Gasteiger partial charge >= 0.3 is 0 Å². The standard InChI is InChI=1S/C12H24N2O3S/c1-3-11(4-2)12(15)14-7-5-6-10(8-14)9-18(13,16)17/h10-11H,3-9H2,1-2H3,(H2,13,16,17)/t10-/m1/s1. The van der Waals surface area contributed by atoms with Gasteiger partial charge in [-0.3, -0.25) is 4.79 Å². The fourth-order valence-electron chi connectivity index (χ4n) is 2.63. The molecule has 2 N–H and O–H groups in total. The average molecular weight is 276 g/mol. The van der Waals surface area contributed by atoms with Crippen molar-refractivity contribution in [3.63, 3.8) is 0 Å². The molecule has 5 nitrogen and oxygen atoms in total. The lowest BCUT2D eigenvalue weighted by Crippen LogP contribution is -2.44. The van der Waals surface area contributed by atoms with Crippen LogP contribution in [0, 0.1) is 11.8 Å². The van der Waals surface area contributed by atoms with Gasteiger partial charge in [0.25, 0.3) is 0 Å². The van der Waals surface area contributed by atoms with Crippen molar-refractivity contribution < 1.29 is 13.2 Å². The van der Waals surface area contributed by atoms with E-state index in [1.165, 1.54) is 0 Å². The third kappa shape index (κ3) is 4.57. The molecule has 0 saturated carbocycles. The minimum absolute atomic E-state index is 0.00735. The number of hydrogen-bond acceptors (Lipinski definition) is 3. The third-order valence-electron chi connectivity index (χ3n) is 3.63. The van der Waals surface area contributed by atoms with E-state index in [0.717, 1.165) is 32.2 Å². The first-order chi connectivity index (χ1) is 8.37. The minimum Gasteiger partial charge on any atom is -0.342 e. The van der Waals surface area contributed by atoms with Crippen molar-refractivity contribution in [1.82, 2.24) is 4.90 Å². The quantitative estimate of drug-likeness (QED) is 0.811. The van der Waals surface area contributed by atoms with Crippen LogP contribution in [0.15, 0.2) is 0 Å². The maximum Gasteiger partial charge on any atom is 0.225 e. The maximum absolute atomic E-state index is 12.2. The smallest absolute Gasteiger partial charge is 0.225 e. The lowest BCUT2D eigenvalue weighted by atomic mass is 9.96.